The maximum atomic E-state index is 13.3. The predicted octanol–water partition coefficient (Wildman–Crippen LogP) is 3.71. The van der Waals surface area contributed by atoms with Crippen molar-refractivity contribution in [1.82, 2.24) is 29.0 Å². The molecule has 2 aliphatic carbocycles. The van der Waals surface area contributed by atoms with Gasteiger partial charge in [-0.3, -0.25) is 4.79 Å². The van der Waals surface area contributed by atoms with Crippen molar-refractivity contribution < 1.29 is 4.79 Å². The van der Waals surface area contributed by atoms with Crippen LogP contribution in [0.4, 0.5) is 10.9 Å². The summed E-state index contributed by atoms with van der Waals surface area (Å²) in [6, 6.07) is 5.10. The number of thiazole rings is 1. The Bertz CT molecular complexity index is 1420. The van der Waals surface area contributed by atoms with Crippen LogP contribution < -0.4 is 5.32 Å². The number of anilines is 2. The van der Waals surface area contributed by atoms with Crippen LogP contribution in [0.25, 0.3) is 22.1 Å². The molecule has 0 spiro atoms. The number of pyridine rings is 1. The van der Waals surface area contributed by atoms with Crippen LogP contribution in [0, 0.1) is 11.3 Å². The lowest BCUT2D eigenvalue weighted by Gasteiger charge is -2.22. The van der Waals surface area contributed by atoms with E-state index in [0.29, 0.717) is 40.9 Å². The average Bonchev–Trinajstić information content (AvgIpc) is 3.71. The Morgan fingerprint density at radius 3 is 2.70 bits per heavy atom. The van der Waals surface area contributed by atoms with Gasteiger partial charge in [0.2, 0.25) is 5.91 Å². The van der Waals surface area contributed by atoms with E-state index >= 15 is 0 Å². The van der Waals surface area contributed by atoms with Gasteiger partial charge in [-0.2, -0.15) is 5.26 Å². The van der Waals surface area contributed by atoms with Crippen molar-refractivity contribution in [3.05, 3.63) is 29.2 Å². The van der Waals surface area contributed by atoms with Crippen LogP contribution in [0.5, 0.6) is 0 Å². The molecule has 0 aromatic carbocycles. The van der Waals surface area contributed by atoms with Gasteiger partial charge in [-0.15, -0.1) is 0 Å². The predicted molar refractivity (Wildman–Crippen MR) is 126 cm³/mol. The summed E-state index contributed by atoms with van der Waals surface area (Å²) in [5, 5.41) is 14.0. The number of imidazole rings is 1. The van der Waals surface area contributed by atoms with E-state index < -0.39 is 0 Å². The second-order valence-corrected chi connectivity index (χ2v) is 9.87. The first kappa shape index (κ1) is 20.2. The molecule has 2 fully saturated rings. The fourth-order valence-electron chi connectivity index (χ4n) is 4.69. The third-order valence-corrected chi connectivity index (χ3v) is 7.26. The van der Waals surface area contributed by atoms with Crippen LogP contribution in [0.1, 0.15) is 43.2 Å². The third kappa shape index (κ3) is 3.43. The molecule has 9 nitrogen and oxygen atoms in total. The average molecular weight is 461 g/mol. The SMILES string of the molecule is CCn1c(CC(=O)N(C2CC2)C2CC2)cc2c3c(ncn3C)c(Nc3ncc(C#N)s3)nc21. The lowest BCUT2D eigenvalue weighted by molar-refractivity contribution is -0.131. The number of hydrogen-bond donors (Lipinski definition) is 1. The molecule has 1 N–H and O–H groups in total. The van der Waals surface area contributed by atoms with Crippen LogP contribution in [-0.4, -0.2) is 47.0 Å². The van der Waals surface area contributed by atoms with Crippen molar-refractivity contribution in [2.75, 3.05) is 5.32 Å². The molecule has 1 amide bonds. The number of carbonyl (C=O) groups excluding carboxylic acids is 1. The van der Waals surface area contributed by atoms with Gasteiger partial charge in [0.05, 0.1) is 24.5 Å². The Morgan fingerprint density at radius 1 is 1.30 bits per heavy atom. The van der Waals surface area contributed by atoms with Crippen LogP contribution >= 0.6 is 11.3 Å². The highest BCUT2D eigenvalue weighted by Crippen LogP contribution is 2.38. The van der Waals surface area contributed by atoms with Gasteiger partial charge in [-0.05, 0) is 38.7 Å². The van der Waals surface area contributed by atoms with Crippen molar-refractivity contribution in [2.24, 2.45) is 7.05 Å². The zero-order valence-corrected chi connectivity index (χ0v) is 19.4. The third-order valence-electron chi connectivity index (χ3n) is 6.45. The number of hydrogen-bond acceptors (Lipinski definition) is 7. The van der Waals surface area contributed by atoms with Gasteiger partial charge in [0, 0.05) is 36.8 Å². The summed E-state index contributed by atoms with van der Waals surface area (Å²) in [6.07, 6.45) is 8.24. The van der Waals surface area contributed by atoms with Gasteiger partial charge < -0.3 is 19.4 Å². The van der Waals surface area contributed by atoms with E-state index in [1.807, 2.05) is 11.6 Å². The Hall–Kier alpha value is -3.45. The van der Waals surface area contributed by atoms with Crippen LogP contribution in [0.3, 0.4) is 0 Å². The molecule has 0 radical (unpaired) electrons. The molecule has 4 aromatic rings. The van der Waals surface area contributed by atoms with Crippen LogP contribution in [-0.2, 0) is 24.8 Å². The number of rotatable bonds is 7. The standard InChI is InChI=1S/C23H24N8OS/c1-3-30-15(9-18(32)31(13-4-5-13)14-6-7-14)8-17-20-19(26-12-29(20)2)21(27-22(17)30)28-23-25-11-16(10-24)33-23/h8,11-14H,3-7,9H2,1-2H3,(H,25,27,28). The van der Waals surface area contributed by atoms with E-state index in [4.69, 9.17) is 10.2 Å². The monoisotopic (exact) mass is 460 g/mol. The van der Waals surface area contributed by atoms with Crippen molar-refractivity contribution in [3.63, 3.8) is 0 Å². The summed E-state index contributed by atoms with van der Waals surface area (Å²) in [4.78, 5) is 29.7. The highest BCUT2D eigenvalue weighted by Gasteiger charge is 2.42. The molecule has 10 heteroatoms. The number of aryl methyl sites for hydroxylation is 2. The van der Waals surface area contributed by atoms with Crippen LogP contribution in [0.15, 0.2) is 18.6 Å². The molecule has 0 bridgehead atoms. The number of nitrogens with zero attached hydrogens (tertiary/aromatic N) is 7. The van der Waals surface area contributed by atoms with Crippen molar-refractivity contribution in [2.45, 2.75) is 57.7 Å². The zero-order valence-electron chi connectivity index (χ0n) is 18.6. The maximum Gasteiger partial charge on any atom is 0.229 e. The molecule has 2 aliphatic rings. The van der Waals surface area contributed by atoms with Gasteiger partial charge >= 0.3 is 0 Å². The normalized spacial score (nSPS) is 15.8. The number of fused-ring (bicyclic) bond motifs is 3. The summed E-state index contributed by atoms with van der Waals surface area (Å²) in [7, 11) is 1.96. The van der Waals surface area contributed by atoms with E-state index in [9.17, 15) is 4.79 Å². The van der Waals surface area contributed by atoms with Crippen LogP contribution in [0.2, 0.25) is 0 Å². The molecule has 0 atom stereocenters. The van der Waals surface area contributed by atoms with E-state index in [2.05, 4.69) is 43.8 Å². The Balaban J connectivity index is 1.43. The summed E-state index contributed by atoms with van der Waals surface area (Å²) in [5.74, 6) is 0.823. The second-order valence-electron chi connectivity index (χ2n) is 8.84. The molecule has 6 rings (SSSR count). The Morgan fingerprint density at radius 2 is 2.06 bits per heavy atom. The van der Waals surface area contributed by atoms with E-state index in [1.54, 1.807) is 12.5 Å². The molecule has 4 heterocycles. The van der Waals surface area contributed by atoms with E-state index in [0.717, 1.165) is 53.4 Å². The molecule has 2 saturated carbocycles. The fourth-order valence-corrected chi connectivity index (χ4v) is 5.31. The van der Waals surface area contributed by atoms with Crippen molar-refractivity contribution >= 4 is 50.3 Å². The van der Waals surface area contributed by atoms with Gasteiger partial charge in [0.15, 0.2) is 10.9 Å². The highest BCUT2D eigenvalue weighted by atomic mass is 32.1. The zero-order chi connectivity index (χ0) is 22.7. The minimum Gasteiger partial charge on any atom is -0.336 e. The molecule has 4 aromatic heterocycles. The quantitative estimate of drug-likeness (QED) is 0.451. The molecule has 0 aliphatic heterocycles. The topological polar surface area (TPSA) is 105 Å². The van der Waals surface area contributed by atoms with Crippen molar-refractivity contribution in [1.29, 1.82) is 5.26 Å². The fraction of sp³-hybridized carbons (Fsp3) is 0.435. The molecular weight excluding hydrogens is 436 g/mol. The maximum absolute atomic E-state index is 13.3. The number of nitriles is 1. The second kappa shape index (κ2) is 7.56. The van der Waals surface area contributed by atoms with E-state index in [1.165, 1.54) is 11.3 Å². The number of nitrogens with one attached hydrogen (secondary N) is 1. The number of aromatic nitrogens is 5. The minimum absolute atomic E-state index is 0.226. The molecule has 33 heavy (non-hydrogen) atoms. The Kier molecular flexibility index (Phi) is 4.62. The van der Waals surface area contributed by atoms with Gasteiger partial charge in [0.25, 0.3) is 0 Å². The first-order valence-electron chi connectivity index (χ1n) is 11.3. The number of amides is 1. The largest absolute Gasteiger partial charge is 0.336 e. The molecular formula is C23H24N8OS. The highest BCUT2D eigenvalue weighted by molar-refractivity contribution is 7.16. The van der Waals surface area contributed by atoms with E-state index in [-0.39, 0.29) is 5.91 Å². The van der Waals surface area contributed by atoms with Gasteiger partial charge in [-0.1, -0.05) is 11.3 Å². The first-order chi connectivity index (χ1) is 16.1. The lowest BCUT2D eigenvalue weighted by atomic mass is 10.2. The van der Waals surface area contributed by atoms with Gasteiger partial charge in [0.1, 0.15) is 22.1 Å². The minimum atomic E-state index is 0.226. The molecule has 168 valence electrons. The summed E-state index contributed by atoms with van der Waals surface area (Å²) in [6.45, 7) is 2.79. The number of carbonyl (C=O) groups is 1. The lowest BCUT2D eigenvalue weighted by Crippen LogP contribution is -2.36. The molecule has 0 saturated heterocycles. The van der Waals surface area contributed by atoms with Crippen molar-refractivity contribution in [3.8, 4) is 6.07 Å². The first-order valence-corrected chi connectivity index (χ1v) is 12.2. The summed E-state index contributed by atoms with van der Waals surface area (Å²) >= 11 is 1.28. The smallest absolute Gasteiger partial charge is 0.229 e. The summed E-state index contributed by atoms with van der Waals surface area (Å²) < 4.78 is 4.12. The summed E-state index contributed by atoms with van der Waals surface area (Å²) in [5.41, 5.74) is 3.50. The van der Waals surface area contributed by atoms with Gasteiger partial charge in [-0.25, -0.2) is 15.0 Å². The Labute approximate surface area is 194 Å². The molecule has 0 unspecified atom stereocenters.